The molecule has 1 amide bonds. The van der Waals surface area contributed by atoms with E-state index in [9.17, 15) is 9.90 Å². The molecule has 0 spiro atoms. The fraction of sp³-hybridized carbons (Fsp3) is 0.875. The molecule has 4 nitrogen and oxygen atoms in total. The smallest absolute Gasteiger partial charge is 0.219 e. The third kappa shape index (κ3) is 2.19. The topological polar surface area (TPSA) is 52.6 Å². The first-order valence-corrected chi connectivity index (χ1v) is 4.24. The average Bonchev–Trinajstić information content (AvgIpc) is 2.03. The number of likely N-dealkylation sites (tertiary alicyclic amines) is 1. The Morgan fingerprint density at radius 3 is 2.75 bits per heavy atom. The quantitative estimate of drug-likeness (QED) is 0.544. The van der Waals surface area contributed by atoms with Gasteiger partial charge in [-0.05, 0) is 13.5 Å². The number of likely N-dealkylation sites (N-methyl/N-ethyl adjacent to an activating group) is 1. The highest BCUT2D eigenvalue weighted by atomic mass is 16.3. The largest absolute Gasteiger partial charge is 0.391 e. The van der Waals surface area contributed by atoms with E-state index in [1.807, 2.05) is 7.05 Å². The Morgan fingerprint density at radius 2 is 2.25 bits per heavy atom. The Bertz CT molecular complexity index is 172. The first-order valence-electron chi connectivity index (χ1n) is 4.24. The molecule has 2 unspecified atom stereocenters. The van der Waals surface area contributed by atoms with Gasteiger partial charge >= 0.3 is 0 Å². The van der Waals surface area contributed by atoms with Crippen LogP contribution in [0.15, 0.2) is 0 Å². The number of β-amino-alcohol motifs (C(OH)–C–C–N with tert-alkyl or cyclic N) is 1. The molecule has 0 radical (unpaired) electrons. The van der Waals surface area contributed by atoms with Gasteiger partial charge in [0.05, 0.1) is 6.10 Å². The number of aliphatic hydroxyl groups excluding tert-OH is 1. The van der Waals surface area contributed by atoms with Crippen LogP contribution in [0, 0.1) is 0 Å². The molecule has 0 saturated carbocycles. The predicted octanol–water partition coefficient (Wildman–Crippen LogP) is -0.813. The Morgan fingerprint density at radius 1 is 1.58 bits per heavy atom. The second-order valence-electron chi connectivity index (χ2n) is 3.30. The van der Waals surface area contributed by atoms with E-state index in [2.05, 4.69) is 5.32 Å². The molecule has 0 aromatic rings. The minimum atomic E-state index is -0.375. The molecule has 0 bridgehead atoms. The number of rotatable bonds is 1. The molecule has 0 aromatic carbocycles. The van der Waals surface area contributed by atoms with Crippen LogP contribution >= 0.6 is 0 Å². The zero-order valence-electron chi connectivity index (χ0n) is 7.58. The minimum absolute atomic E-state index is 0.0361. The van der Waals surface area contributed by atoms with E-state index in [4.69, 9.17) is 0 Å². The highest BCUT2D eigenvalue weighted by Gasteiger charge is 2.25. The lowest BCUT2D eigenvalue weighted by atomic mass is 10.0. The van der Waals surface area contributed by atoms with Crippen molar-refractivity contribution in [3.63, 3.8) is 0 Å². The van der Waals surface area contributed by atoms with Gasteiger partial charge in [-0.2, -0.15) is 0 Å². The summed E-state index contributed by atoms with van der Waals surface area (Å²) >= 11 is 0. The van der Waals surface area contributed by atoms with Crippen molar-refractivity contribution in [2.75, 3.05) is 20.1 Å². The van der Waals surface area contributed by atoms with Crippen molar-refractivity contribution in [2.45, 2.75) is 25.5 Å². The summed E-state index contributed by atoms with van der Waals surface area (Å²) in [5.41, 5.74) is 0. The zero-order valence-corrected chi connectivity index (χ0v) is 7.58. The van der Waals surface area contributed by atoms with E-state index < -0.39 is 0 Å². The standard InChI is InChI=1S/C8H16N2O2/c1-6(11)10-4-7(9-2)3-8(12)5-10/h7-9,12H,3-5H2,1-2H3. The Hall–Kier alpha value is -0.610. The maximum Gasteiger partial charge on any atom is 0.219 e. The number of nitrogens with one attached hydrogen (secondary N) is 1. The molecule has 1 aliphatic rings. The Labute approximate surface area is 72.6 Å². The number of amides is 1. The Balaban J connectivity index is 2.51. The van der Waals surface area contributed by atoms with Gasteiger partial charge in [0, 0.05) is 26.1 Å². The molecule has 12 heavy (non-hydrogen) atoms. The van der Waals surface area contributed by atoms with Crippen LogP contribution in [0.2, 0.25) is 0 Å². The monoisotopic (exact) mass is 172 g/mol. The van der Waals surface area contributed by atoms with Crippen molar-refractivity contribution < 1.29 is 9.90 Å². The summed E-state index contributed by atoms with van der Waals surface area (Å²) in [7, 11) is 1.85. The fourth-order valence-electron chi connectivity index (χ4n) is 1.54. The van der Waals surface area contributed by atoms with Crippen LogP contribution in [0.3, 0.4) is 0 Å². The van der Waals surface area contributed by atoms with E-state index in [0.29, 0.717) is 13.1 Å². The van der Waals surface area contributed by atoms with Crippen LogP contribution in [-0.4, -0.2) is 48.2 Å². The predicted molar refractivity (Wildman–Crippen MR) is 45.7 cm³/mol. The summed E-state index contributed by atoms with van der Waals surface area (Å²) in [6, 6.07) is 0.234. The van der Waals surface area contributed by atoms with Gasteiger partial charge in [-0.15, -0.1) is 0 Å². The first-order chi connectivity index (χ1) is 5.63. The van der Waals surface area contributed by atoms with E-state index in [1.54, 1.807) is 4.90 Å². The maximum atomic E-state index is 11.0. The van der Waals surface area contributed by atoms with Crippen LogP contribution < -0.4 is 5.32 Å². The van der Waals surface area contributed by atoms with Gasteiger partial charge in [-0.1, -0.05) is 0 Å². The molecule has 2 atom stereocenters. The minimum Gasteiger partial charge on any atom is -0.391 e. The summed E-state index contributed by atoms with van der Waals surface area (Å²) in [6.07, 6.45) is 0.361. The lowest BCUT2D eigenvalue weighted by Crippen LogP contribution is -2.51. The highest BCUT2D eigenvalue weighted by molar-refractivity contribution is 5.73. The zero-order chi connectivity index (χ0) is 9.14. The molecule has 2 N–H and O–H groups in total. The van der Waals surface area contributed by atoms with Crippen LogP contribution in [0.25, 0.3) is 0 Å². The van der Waals surface area contributed by atoms with Gasteiger partial charge in [0.15, 0.2) is 0 Å². The third-order valence-corrected chi connectivity index (χ3v) is 2.28. The molecule has 1 saturated heterocycles. The van der Waals surface area contributed by atoms with Crippen LogP contribution in [0.1, 0.15) is 13.3 Å². The molecule has 70 valence electrons. The number of nitrogens with zero attached hydrogens (tertiary/aromatic N) is 1. The molecule has 1 aliphatic heterocycles. The summed E-state index contributed by atoms with van der Waals surface area (Å²) in [5, 5.41) is 12.5. The van der Waals surface area contributed by atoms with Crippen molar-refractivity contribution in [1.82, 2.24) is 10.2 Å². The molecule has 1 rings (SSSR count). The molecular formula is C8H16N2O2. The summed E-state index contributed by atoms with van der Waals surface area (Å²) in [6.45, 7) is 2.72. The number of carbonyl (C=O) groups is 1. The Kier molecular flexibility index (Phi) is 3.05. The number of carbonyl (C=O) groups excluding carboxylic acids is 1. The van der Waals surface area contributed by atoms with Crippen LogP contribution in [0.4, 0.5) is 0 Å². The SMILES string of the molecule is CNC1CC(O)CN(C(C)=O)C1. The highest BCUT2D eigenvalue weighted by Crippen LogP contribution is 2.10. The van der Waals surface area contributed by atoms with Gasteiger partial charge in [-0.3, -0.25) is 4.79 Å². The van der Waals surface area contributed by atoms with Crippen molar-refractivity contribution in [3.05, 3.63) is 0 Å². The van der Waals surface area contributed by atoms with Gasteiger partial charge in [-0.25, -0.2) is 0 Å². The molecule has 0 aromatic heterocycles. The number of hydrogen-bond donors (Lipinski definition) is 2. The van der Waals surface area contributed by atoms with Gasteiger partial charge in [0.25, 0.3) is 0 Å². The van der Waals surface area contributed by atoms with E-state index >= 15 is 0 Å². The van der Waals surface area contributed by atoms with Crippen molar-refractivity contribution in [1.29, 1.82) is 0 Å². The molecular weight excluding hydrogens is 156 g/mol. The van der Waals surface area contributed by atoms with Gasteiger partial charge in [0.2, 0.25) is 5.91 Å². The fourth-order valence-corrected chi connectivity index (χ4v) is 1.54. The second kappa shape index (κ2) is 3.87. The van der Waals surface area contributed by atoms with E-state index in [-0.39, 0.29) is 18.1 Å². The number of aliphatic hydroxyl groups is 1. The maximum absolute atomic E-state index is 11.0. The van der Waals surface area contributed by atoms with Crippen LogP contribution in [-0.2, 0) is 4.79 Å². The lowest BCUT2D eigenvalue weighted by molar-refractivity contribution is -0.132. The summed E-state index contributed by atoms with van der Waals surface area (Å²) in [4.78, 5) is 12.7. The van der Waals surface area contributed by atoms with E-state index in [0.717, 1.165) is 6.42 Å². The van der Waals surface area contributed by atoms with E-state index in [1.165, 1.54) is 6.92 Å². The van der Waals surface area contributed by atoms with Crippen LogP contribution in [0.5, 0.6) is 0 Å². The van der Waals surface area contributed by atoms with Crippen molar-refractivity contribution >= 4 is 5.91 Å². The van der Waals surface area contributed by atoms with Crippen molar-refractivity contribution in [3.8, 4) is 0 Å². The van der Waals surface area contributed by atoms with Gasteiger partial charge < -0.3 is 15.3 Å². The molecule has 1 fully saturated rings. The van der Waals surface area contributed by atoms with Gasteiger partial charge in [0.1, 0.15) is 0 Å². The molecule has 1 heterocycles. The third-order valence-electron chi connectivity index (χ3n) is 2.28. The first kappa shape index (κ1) is 9.48. The summed E-state index contributed by atoms with van der Waals surface area (Å²) in [5.74, 6) is 0.0361. The number of hydrogen-bond acceptors (Lipinski definition) is 3. The second-order valence-corrected chi connectivity index (χ2v) is 3.30. The lowest BCUT2D eigenvalue weighted by Gasteiger charge is -2.34. The molecule has 0 aliphatic carbocycles. The number of piperidine rings is 1. The molecule has 4 heteroatoms. The average molecular weight is 172 g/mol. The van der Waals surface area contributed by atoms with Crippen molar-refractivity contribution in [2.24, 2.45) is 0 Å². The normalized spacial score (nSPS) is 30.4. The summed E-state index contributed by atoms with van der Waals surface area (Å²) < 4.78 is 0.